The number of nitrogens with one attached hydrogen (secondary N) is 2. The molecular weight excluding hydrogens is 224 g/mol. The van der Waals surface area contributed by atoms with Gasteiger partial charge in [0.05, 0.1) is 17.8 Å². The smallest absolute Gasteiger partial charge is 0.120 e. The molecule has 0 fully saturated rings. The topological polar surface area (TPSA) is 33.3 Å². The van der Waals surface area contributed by atoms with Crippen LogP contribution in [-0.2, 0) is 0 Å². The van der Waals surface area contributed by atoms with Crippen LogP contribution in [0.5, 0.6) is 5.75 Å². The molecule has 0 saturated carbocycles. The van der Waals surface area contributed by atoms with E-state index in [-0.39, 0.29) is 5.54 Å². The second-order valence-corrected chi connectivity index (χ2v) is 4.74. The van der Waals surface area contributed by atoms with E-state index in [0.717, 1.165) is 18.0 Å². The van der Waals surface area contributed by atoms with Crippen LogP contribution < -0.4 is 15.4 Å². The summed E-state index contributed by atoms with van der Waals surface area (Å²) in [6.07, 6.45) is 0. The Hall–Kier alpha value is -0.930. The summed E-state index contributed by atoms with van der Waals surface area (Å²) in [5, 5.41) is 7.20. The number of halogens is 1. The molecule has 16 heavy (non-hydrogen) atoms. The van der Waals surface area contributed by atoms with Gasteiger partial charge in [0.2, 0.25) is 0 Å². The highest BCUT2D eigenvalue weighted by Gasteiger charge is 2.14. The summed E-state index contributed by atoms with van der Waals surface area (Å²) < 4.78 is 5.09. The summed E-state index contributed by atoms with van der Waals surface area (Å²) in [4.78, 5) is 0. The second-order valence-electron chi connectivity index (χ2n) is 4.33. The summed E-state index contributed by atoms with van der Waals surface area (Å²) in [6, 6.07) is 5.61. The van der Waals surface area contributed by atoms with Gasteiger partial charge in [-0.15, -0.1) is 0 Å². The molecule has 0 unspecified atom stereocenters. The van der Waals surface area contributed by atoms with E-state index in [1.165, 1.54) is 0 Å². The minimum Gasteiger partial charge on any atom is -0.497 e. The van der Waals surface area contributed by atoms with Crippen LogP contribution >= 0.6 is 11.6 Å². The molecule has 0 aliphatic rings. The van der Waals surface area contributed by atoms with Crippen molar-refractivity contribution >= 4 is 17.3 Å². The molecule has 0 saturated heterocycles. The molecule has 1 rings (SSSR count). The van der Waals surface area contributed by atoms with Crippen LogP contribution in [0.2, 0.25) is 5.02 Å². The first-order valence-electron chi connectivity index (χ1n) is 5.25. The summed E-state index contributed by atoms with van der Waals surface area (Å²) in [7, 11) is 3.57. The molecule has 1 aromatic rings. The number of likely N-dealkylation sites (N-methyl/N-ethyl adjacent to an activating group) is 1. The van der Waals surface area contributed by atoms with Crippen molar-refractivity contribution in [3.63, 3.8) is 0 Å². The first-order chi connectivity index (χ1) is 7.48. The third kappa shape index (κ3) is 3.58. The Bertz CT molecular complexity index is 353. The number of hydrogen-bond donors (Lipinski definition) is 2. The molecule has 0 aliphatic carbocycles. The minimum atomic E-state index is 0.0310. The zero-order valence-electron chi connectivity index (χ0n) is 10.2. The van der Waals surface area contributed by atoms with E-state index < -0.39 is 0 Å². The number of anilines is 1. The number of hydrogen-bond acceptors (Lipinski definition) is 3. The van der Waals surface area contributed by atoms with Gasteiger partial charge < -0.3 is 15.4 Å². The molecule has 0 bridgehead atoms. The third-order valence-corrected chi connectivity index (χ3v) is 2.89. The molecule has 0 aromatic heterocycles. The lowest BCUT2D eigenvalue weighted by Gasteiger charge is -2.25. The Morgan fingerprint density at radius 3 is 2.56 bits per heavy atom. The molecule has 1 aromatic carbocycles. The van der Waals surface area contributed by atoms with Gasteiger partial charge in [-0.2, -0.15) is 0 Å². The van der Waals surface area contributed by atoms with E-state index >= 15 is 0 Å². The Kier molecular flexibility index (Phi) is 4.44. The van der Waals surface area contributed by atoms with Crippen LogP contribution in [0.25, 0.3) is 0 Å². The maximum absolute atomic E-state index is 6.12. The Labute approximate surface area is 102 Å². The van der Waals surface area contributed by atoms with Gasteiger partial charge in [0, 0.05) is 18.2 Å². The minimum absolute atomic E-state index is 0.0310. The maximum Gasteiger partial charge on any atom is 0.120 e. The van der Waals surface area contributed by atoms with Gasteiger partial charge in [-0.1, -0.05) is 11.6 Å². The number of methoxy groups -OCH3 is 1. The van der Waals surface area contributed by atoms with Crippen LogP contribution in [0.15, 0.2) is 18.2 Å². The highest BCUT2D eigenvalue weighted by molar-refractivity contribution is 6.33. The van der Waals surface area contributed by atoms with Crippen molar-refractivity contribution in [1.82, 2.24) is 5.32 Å². The fourth-order valence-electron chi connectivity index (χ4n) is 1.17. The van der Waals surface area contributed by atoms with Crippen molar-refractivity contribution in [2.24, 2.45) is 0 Å². The lowest BCUT2D eigenvalue weighted by Crippen LogP contribution is -2.42. The lowest BCUT2D eigenvalue weighted by molar-refractivity contribution is 0.415. The normalized spacial score (nSPS) is 11.3. The van der Waals surface area contributed by atoms with Crippen LogP contribution in [0.3, 0.4) is 0 Å². The van der Waals surface area contributed by atoms with Crippen LogP contribution in [-0.4, -0.2) is 26.2 Å². The molecule has 90 valence electrons. The monoisotopic (exact) mass is 242 g/mol. The average Bonchev–Trinajstić information content (AvgIpc) is 2.27. The number of benzene rings is 1. The Balaban J connectivity index is 2.68. The quantitative estimate of drug-likeness (QED) is 0.833. The largest absolute Gasteiger partial charge is 0.497 e. The highest BCUT2D eigenvalue weighted by atomic mass is 35.5. The van der Waals surface area contributed by atoms with E-state index in [1.54, 1.807) is 13.2 Å². The number of ether oxygens (including phenoxy) is 1. The molecule has 4 heteroatoms. The van der Waals surface area contributed by atoms with E-state index in [0.29, 0.717) is 5.02 Å². The van der Waals surface area contributed by atoms with Gasteiger partial charge in [-0.05, 0) is 33.0 Å². The fourth-order valence-corrected chi connectivity index (χ4v) is 1.41. The first kappa shape index (κ1) is 13.1. The highest BCUT2D eigenvalue weighted by Crippen LogP contribution is 2.26. The summed E-state index contributed by atoms with van der Waals surface area (Å²) in [5.41, 5.74) is 0.953. The molecule has 2 N–H and O–H groups in total. The van der Waals surface area contributed by atoms with E-state index in [4.69, 9.17) is 16.3 Å². The Morgan fingerprint density at radius 1 is 1.38 bits per heavy atom. The fraction of sp³-hybridized carbons (Fsp3) is 0.500. The van der Waals surface area contributed by atoms with Crippen molar-refractivity contribution in [1.29, 1.82) is 0 Å². The average molecular weight is 243 g/mol. The summed E-state index contributed by atoms with van der Waals surface area (Å²) in [6.45, 7) is 5.05. The van der Waals surface area contributed by atoms with Gasteiger partial charge in [0.15, 0.2) is 0 Å². The van der Waals surface area contributed by atoms with Gasteiger partial charge in [0.25, 0.3) is 0 Å². The molecule has 0 radical (unpaired) electrons. The van der Waals surface area contributed by atoms with Crippen molar-refractivity contribution in [3.8, 4) is 5.75 Å². The maximum atomic E-state index is 6.12. The molecule has 0 aliphatic heterocycles. The first-order valence-corrected chi connectivity index (χ1v) is 5.62. The molecule has 0 atom stereocenters. The molecule has 0 heterocycles. The van der Waals surface area contributed by atoms with Crippen molar-refractivity contribution in [2.45, 2.75) is 19.4 Å². The van der Waals surface area contributed by atoms with Crippen molar-refractivity contribution in [2.75, 3.05) is 26.0 Å². The van der Waals surface area contributed by atoms with E-state index in [9.17, 15) is 0 Å². The zero-order valence-corrected chi connectivity index (χ0v) is 11.0. The van der Waals surface area contributed by atoms with Crippen LogP contribution in [0.4, 0.5) is 5.69 Å². The van der Waals surface area contributed by atoms with Gasteiger partial charge in [-0.3, -0.25) is 0 Å². The van der Waals surface area contributed by atoms with E-state index in [2.05, 4.69) is 24.5 Å². The SMILES string of the molecule is CNC(C)(C)CNc1ccc(OC)cc1Cl. The second kappa shape index (κ2) is 5.41. The molecule has 3 nitrogen and oxygen atoms in total. The molecular formula is C12H19ClN2O. The van der Waals surface area contributed by atoms with Crippen LogP contribution in [0, 0.1) is 0 Å². The van der Waals surface area contributed by atoms with E-state index in [1.807, 2.05) is 19.2 Å². The van der Waals surface area contributed by atoms with Gasteiger partial charge >= 0.3 is 0 Å². The molecule has 0 spiro atoms. The van der Waals surface area contributed by atoms with Crippen molar-refractivity contribution < 1.29 is 4.74 Å². The van der Waals surface area contributed by atoms with Crippen molar-refractivity contribution in [3.05, 3.63) is 23.2 Å². The predicted octanol–water partition coefficient (Wildman–Crippen LogP) is 2.76. The number of rotatable bonds is 5. The van der Waals surface area contributed by atoms with Gasteiger partial charge in [-0.25, -0.2) is 0 Å². The Morgan fingerprint density at radius 2 is 2.06 bits per heavy atom. The van der Waals surface area contributed by atoms with Crippen LogP contribution in [0.1, 0.15) is 13.8 Å². The summed E-state index contributed by atoms with van der Waals surface area (Å²) in [5.74, 6) is 0.767. The standard InChI is InChI=1S/C12H19ClN2O/c1-12(2,14-3)8-15-11-6-5-9(16-4)7-10(11)13/h5-7,14-15H,8H2,1-4H3. The zero-order chi connectivity index (χ0) is 12.2. The van der Waals surface area contributed by atoms with Gasteiger partial charge in [0.1, 0.15) is 5.75 Å². The predicted molar refractivity (Wildman–Crippen MR) is 69.6 cm³/mol. The lowest BCUT2D eigenvalue weighted by atomic mass is 10.1. The third-order valence-electron chi connectivity index (χ3n) is 2.57. The molecule has 0 amide bonds. The summed E-state index contributed by atoms with van der Waals surface area (Å²) >= 11 is 6.12.